The summed E-state index contributed by atoms with van der Waals surface area (Å²) < 4.78 is 4.72. The van der Waals surface area contributed by atoms with Crippen molar-refractivity contribution in [1.29, 1.82) is 0 Å². The van der Waals surface area contributed by atoms with E-state index in [4.69, 9.17) is 4.74 Å². The minimum Gasteiger partial charge on any atom is -0.487 e. The number of hydrogen-bond acceptors (Lipinski definition) is 3. The third kappa shape index (κ3) is 9.34. The summed E-state index contributed by atoms with van der Waals surface area (Å²) >= 11 is 0. The summed E-state index contributed by atoms with van der Waals surface area (Å²) in [6.45, 7) is 9.54. The molecule has 0 saturated carbocycles. The summed E-state index contributed by atoms with van der Waals surface area (Å²) in [7, 11) is 1.62. The summed E-state index contributed by atoms with van der Waals surface area (Å²) in [5.41, 5.74) is 0. The monoisotopic (exact) mass is 186 g/mol. The topological polar surface area (TPSA) is 33.6 Å². The van der Waals surface area contributed by atoms with Gasteiger partial charge < -0.3 is 10.1 Å². The van der Waals surface area contributed by atoms with E-state index in [1.807, 2.05) is 0 Å². The highest BCUT2D eigenvalue weighted by molar-refractivity contribution is 5.45. The molecule has 0 aliphatic carbocycles. The van der Waals surface area contributed by atoms with E-state index in [9.17, 15) is 0 Å². The second kappa shape index (κ2) is 8.05. The van der Waals surface area contributed by atoms with Gasteiger partial charge in [0.05, 0.1) is 7.11 Å². The molecule has 0 aromatic carbocycles. The van der Waals surface area contributed by atoms with Gasteiger partial charge in [0.1, 0.15) is 0 Å². The summed E-state index contributed by atoms with van der Waals surface area (Å²) in [6, 6.07) is 0. The Bertz CT molecular complexity index is 135. The van der Waals surface area contributed by atoms with Crippen molar-refractivity contribution in [2.75, 3.05) is 26.7 Å². The van der Waals surface area contributed by atoms with E-state index < -0.39 is 0 Å². The van der Waals surface area contributed by atoms with Gasteiger partial charge in [0, 0.05) is 6.54 Å². The normalized spacial score (nSPS) is 13.9. The molecule has 0 radical (unpaired) electrons. The summed E-state index contributed by atoms with van der Waals surface area (Å²) in [5.74, 6) is 1.29. The van der Waals surface area contributed by atoms with Crippen LogP contribution in [-0.4, -0.2) is 33.1 Å². The first-order valence-electron chi connectivity index (χ1n) is 4.88. The molecule has 1 atom stereocenters. The predicted molar refractivity (Wildman–Crippen MR) is 57.2 cm³/mol. The van der Waals surface area contributed by atoms with Crippen molar-refractivity contribution in [3.63, 3.8) is 0 Å². The average Bonchev–Trinajstić information content (AvgIpc) is 2.04. The zero-order valence-corrected chi connectivity index (χ0v) is 9.21. The second-order valence-electron chi connectivity index (χ2n) is 3.86. The maximum atomic E-state index is 4.72. The Morgan fingerprint density at radius 3 is 2.54 bits per heavy atom. The fourth-order valence-corrected chi connectivity index (χ4v) is 0.980. The molecule has 0 amide bonds. The SMILES string of the molecule is COC=NCC(C)CNCC(C)C. The summed E-state index contributed by atoms with van der Waals surface area (Å²) in [4.78, 5) is 4.10. The fraction of sp³-hybridized carbons (Fsp3) is 0.900. The molecular formula is C10H22N2O. The van der Waals surface area contributed by atoms with Gasteiger partial charge in [0.2, 0.25) is 0 Å². The van der Waals surface area contributed by atoms with E-state index in [0.717, 1.165) is 25.6 Å². The van der Waals surface area contributed by atoms with E-state index in [0.29, 0.717) is 5.92 Å². The molecule has 0 aliphatic rings. The highest BCUT2D eigenvalue weighted by atomic mass is 16.5. The highest BCUT2D eigenvalue weighted by Crippen LogP contribution is 1.94. The van der Waals surface area contributed by atoms with Gasteiger partial charge >= 0.3 is 0 Å². The van der Waals surface area contributed by atoms with Crippen LogP contribution >= 0.6 is 0 Å². The molecule has 0 saturated heterocycles. The highest BCUT2D eigenvalue weighted by Gasteiger charge is 2.00. The minimum absolute atomic E-state index is 0.574. The molecule has 0 aromatic rings. The molecule has 3 nitrogen and oxygen atoms in total. The number of ether oxygens (including phenoxy) is 1. The Morgan fingerprint density at radius 1 is 1.31 bits per heavy atom. The van der Waals surface area contributed by atoms with Gasteiger partial charge in [-0.05, 0) is 24.9 Å². The zero-order valence-electron chi connectivity index (χ0n) is 9.21. The Morgan fingerprint density at radius 2 is 2.00 bits per heavy atom. The molecule has 0 bridgehead atoms. The van der Waals surface area contributed by atoms with Crippen LogP contribution in [0.15, 0.2) is 4.99 Å². The quantitative estimate of drug-likeness (QED) is 0.483. The molecule has 3 heteroatoms. The van der Waals surface area contributed by atoms with Gasteiger partial charge in [0.15, 0.2) is 6.40 Å². The molecule has 0 heterocycles. The fourth-order valence-electron chi connectivity index (χ4n) is 0.980. The van der Waals surface area contributed by atoms with Crippen molar-refractivity contribution in [2.45, 2.75) is 20.8 Å². The van der Waals surface area contributed by atoms with E-state index in [1.54, 1.807) is 7.11 Å². The van der Waals surface area contributed by atoms with Crippen molar-refractivity contribution in [3.8, 4) is 0 Å². The van der Waals surface area contributed by atoms with Crippen molar-refractivity contribution >= 4 is 6.40 Å². The third-order valence-electron chi connectivity index (χ3n) is 1.64. The van der Waals surface area contributed by atoms with Crippen LogP contribution in [0.3, 0.4) is 0 Å². The Hall–Kier alpha value is -0.570. The van der Waals surface area contributed by atoms with Gasteiger partial charge in [-0.25, -0.2) is 0 Å². The molecule has 0 aromatic heterocycles. The largest absolute Gasteiger partial charge is 0.487 e. The van der Waals surface area contributed by atoms with Crippen LogP contribution < -0.4 is 5.32 Å². The maximum Gasteiger partial charge on any atom is 0.168 e. The van der Waals surface area contributed by atoms with Gasteiger partial charge in [-0.1, -0.05) is 20.8 Å². The molecule has 13 heavy (non-hydrogen) atoms. The smallest absolute Gasteiger partial charge is 0.168 e. The van der Waals surface area contributed by atoms with Gasteiger partial charge in [-0.2, -0.15) is 0 Å². The summed E-state index contributed by atoms with van der Waals surface area (Å²) in [5, 5.41) is 3.40. The number of hydrogen-bond donors (Lipinski definition) is 1. The number of nitrogens with zero attached hydrogens (tertiary/aromatic N) is 1. The van der Waals surface area contributed by atoms with Crippen LogP contribution in [0, 0.1) is 11.8 Å². The third-order valence-corrected chi connectivity index (χ3v) is 1.64. The predicted octanol–water partition coefficient (Wildman–Crippen LogP) is 1.54. The molecular weight excluding hydrogens is 164 g/mol. The van der Waals surface area contributed by atoms with Crippen LogP contribution in [0.25, 0.3) is 0 Å². The van der Waals surface area contributed by atoms with Gasteiger partial charge in [0.25, 0.3) is 0 Å². The second-order valence-corrected chi connectivity index (χ2v) is 3.86. The lowest BCUT2D eigenvalue weighted by Gasteiger charge is -2.11. The first-order valence-corrected chi connectivity index (χ1v) is 4.88. The molecule has 0 aliphatic heterocycles. The molecule has 78 valence electrons. The number of rotatable bonds is 7. The van der Waals surface area contributed by atoms with Gasteiger partial charge in [-0.15, -0.1) is 0 Å². The van der Waals surface area contributed by atoms with Crippen LogP contribution in [0.1, 0.15) is 20.8 Å². The lowest BCUT2D eigenvalue weighted by molar-refractivity contribution is 0.416. The number of aliphatic imine (C=N–C) groups is 1. The Balaban J connectivity index is 3.29. The van der Waals surface area contributed by atoms with E-state index in [2.05, 4.69) is 31.1 Å². The molecule has 1 N–H and O–H groups in total. The number of methoxy groups -OCH3 is 1. The maximum absolute atomic E-state index is 4.72. The molecule has 0 fully saturated rings. The van der Waals surface area contributed by atoms with Crippen molar-refractivity contribution in [2.24, 2.45) is 16.8 Å². The first kappa shape index (κ1) is 12.4. The van der Waals surface area contributed by atoms with Crippen LogP contribution in [-0.2, 0) is 4.74 Å². The molecule has 0 spiro atoms. The zero-order chi connectivity index (χ0) is 10.1. The molecule has 0 rings (SSSR count). The lowest BCUT2D eigenvalue weighted by atomic mass is 10.1. The van der Waals surface area contributed by atoms with Crippen molar-refractivity contribution in [3.05, 3.63) is 0 Å². The number of nitrogens with one attached hydrogen (secondary N) is 1. The summed E-state index contributed by atoms with van der Waals surface area (Å²) in [6.07, 6.45) is 1.50. The van der Waals surface area contributed by atoms with Crippen molar-refractivity contribution in [1.82, 2.24) is 5.32 Å². The van der Waals surface area contributed by atoms with Crippen LogP contribution in [0.5, 0.6) is 0 Å². The first-order chi connectivity index (χ1) is 6.16. The Labute approximate surface area is 81.6 Å². The standard InChI is InChI=1S/C10H22N2O/c1-9(2)5-11-6-10(3)7-12-8-13-4/h8-11H,5-7H2,1-4H3. The van der Waals surface area contributed by atoms with Crippen molar-refractivity contribution < 1.29 is 4.74 Å². The van der Waals surface area contributed by atoms with E-state index in [-0.39, 0.29) is 0 Å². The lowest BCUT2D eigenvalue weighted by Crippen LogP contribution is -2.26. The van der Waals surface area contributed by atoms with E-state index >= 15 is 0 Å². The average molecular weight is 186 g/mol. The van der Waals surface area contributed by atoms with Gasteiger partial charge in [-0.3, -0.25) is 4.99 Å². The van der Waals surface area contributed by atoms with Crippen LogP contribution in [0.4, 0.5) is 0 Å². The van der Waals surface area contributed by atoms with Crippen LogP contribution in [0.2, 0.25) is 0 Å². The molecule has 1 unspecified atom stereocenters. The Kier molecular flexibility index (Phi) is 7.69. The van der Waals surface area contributed by atoms with E-state index in [1.165, 1.54) is 6.40 Å². The minimum atomic E-state index is 0.574.